The molecule has 4 aliphatic heterocycles. The molecule has 0 aromatic heterocycles. The van der Waals surface area contributed by atoms with Crippen molar-refractivity contribution in [3.63, 3.8) is 0 Å². The molecule has 0 aliphatic carbocycles. The highest BCUT2D eigenvalue weighted by atomic mass is 16.6. The second-order valence-electron chi connectivity index (χ2n) is 15.3. The number of morpholine rings is 1. The van der Waals surface area contributed by atoms with Gasteiger partial charge in [-0.15, -0.1) is 0 Å². The highest BCUT2D eigenvalue weighted by molar-refractivity contribution is 5.87. The van der Waals surface area contributed by atoms with E-state index in [0.29, 0.717) is 85.7 Å². The molecule has 310 valence electrons. The number of carbonyl (C=O) groups is 2. The van der Waals surface area contributed by atoms with Crippen LogP contribution in [0.2, 0.25) is 0 Å². The third-order valence-corrected chi connectivity index (χ3v) is 10.0. The number of hydrogen-bond acceptors (Lipinski definition) is 12. The zero-order chi connectivity index (χ0) is 39.7. The fourth-order valence-electron chi connectivity index (χ4n) is 7.07. The summed E-state index contributed by atoms with van der Waals surface area (Å²) in [5.74, 6) is -0.0183. The molecule has 0 bridgehead atoms. The molecule has 1 unspecified atom stereocenters. The summed E-state index contributed by atoms with van der Waals surface area (Å²) in [5, 5.41) is 6.48. The zero-order valence-electron chi connectivity index (χ0n) is 33.5. The Kier molecular flexibility index (Phi) is 18.4. The first-order chi connectivity index (χ1) is 26.4. The van der Waals surface area contributed by atoms with Crippen LogP contribution in [-0.2, 0) is 47.4 Å². The average molecular weight is 778 g/mol. The average Bonchev–Trinajstić information content (AvgIpc) is 3.91. The Hall–Kier alpha value is -3.05. The number of nitrogens with zero attached hydrogens (tertiary/aromatic N) is 4. The molecule has 2 amide bonds. The van der Waals surface area contributed by atoms with Crippen LogP contribution < -0.4 is 5.32 Å². The van der Waals surface area contributed by atoms with Gasteiger partial charge in [-0.1, -0.05) is 35.8 Å². The molecule has 4 aliphatic rings. The highest BCUT2D eigenvalue weighted by Gasteiger charge is 2.61. The maximum Gasteiger partial charge on any atom is 0.410 e. The van der Waals surface area contributed by atoms with Crippen molar-refractivity contribution in [2.75, 3.05) is 85.7 Å². The highest BCUT2D eigenvalue weighted by Crippen LogP contribution is 2.47. The predicted molar refractivity (Wildman–Crippen MR) is 203 cm³/mol. The molecular formula is C39H63N5O11. The van der Waals surface area contributed by atoms with Crippen molar-refractivity contribution in [2.45, 2.75) is 109 Å². The third-order valence-electron chi connectivity index (χ3n) is 10.0. The largest absolute Gasteiger partial charge is 0.442 e. The van der Waals surface area contributed by atoms with Crippen LogP contribution in [0.25, 0.3) is 10.4 Å². The molecule has 1 spiro atoms. The van der Waals surface area contributed by atoms with Gasteiger partial charge in [-0.2, -0.15) is 0 Å². The lowest BCUT2D eigenvalue weighted by Gasteiger charge is -2.43. The van der Waals surface area contributed by atoms with Crippen LogP contribution in [0.4, 0.5) is 4.79 Å². The summed E-state index contributed by atoms with van der Waals surface area (Å²) in [6, 6.07) is -0.132. The van der Waals surface area contributed by atoms with Gasteiger partial charge >= 0.3 is 6.09 Å². The number of amides is 2. The fourth-order valence-corrected chi connectivity index (χ4v) is 7.07. The number of epoxide rings is 1. The number of nitrogens with one attached hydrogen (secondary N) is 1. The molecule has 55 heavy (non-hydrogen) atoms. The predicted octanol–water partition coefficient (Wildman–Crippen LogP) is 4.67. The SMILES string of the molecule is CC(/C=C/[C@H]1OC(C)(C)C[C@@]2(CO2)[C@@H]1OCCOCCOCCOCCN=[N+]=[N-])=C\C[C@@H]1O[C@H](C)[C@H](NC(=O)/C=C\C(C)OC(=O)N2CCOCC2)C[C@@H]1C. The Morgan fingerprint density at radius 3 is 2.38 bits per heavy atom. The third kappa shape index (κ3) is 15.4. The van der Waals surface area contributed by atoms with E-state index in [1.807, 2.05) is 6.92 Å². The molecule has 4 rings (SSSR count). The number of hydrogen-bond donors (Lipinski definition) is 1. The van der Waals surface area contributed by atoms with E-state index in [-0.39, 0.29) is 53.5 Å². The fraction of sp³-hybridized carbons (Fsp3) is 0.795. The molecule has 4 saturated heterocycles. The van der Waals surface area contributed by atoms with Gasteiger partial charge < -0.3 is 52.8 Å². The Morgan fingerprint density at radius 1 is 1.04 bits per heavy atom. The van der Waals surface area contributed by atoms with E-state index in [4.69, 9.17) is 48.2 Å². The van der Waals surface area contributed by atoms with Gasteiger partial charge in [-0.05, 0) is 65.0 Å². The quantitative estimate of drug-likeness (QED) is 0.0325. The molecule has 8 atom stereocenters. The lowest BCUT2D eigenvalue weighted by atomic mass is 9.83. The van der Waals surface area contributed by atoms with Crippen molar-refractivity contribution < 1.29 is 52.2 Å². The van der Waals surface area contributed by atoms with E-state index in [2.05, 4.69) is 61.3 Å². The van der Waals surface area contributed by atoms with Gasteiger partial charge in [0.2, 0.25) is 5.91 Å². The molecule has 4 fully saturated rings. The zero-order valence-corrected chi connectivity index (χ0v) is 33.5. The lowest BCUT2D eigenvalue weighted by Crippen LogP contribution is -2.55. The number of carbonyl (C=O) groups excluding carboxylic acids is 2. The van der Waals surface area contributed by atoms with Gasteiger partial charge in [0, 0.05) is 37.0 Å². The maximum atomic E-state index is 12.7. The van der Waals surface area contributed by atoms with Crippen molar-refractivity contribution in [1.29, 1.82) is 0 Å². The Morgan fingerprint density at radius 2 is 1.71 bits per heavy atom. The molecular weight excluding hydrogens is 714 g/mol. The number of allylic oxidation sites excluding steroid dienone is 2. The summed E-state index contributed by atoms with van der Waals surface area (Å²) < 4.78 is 52.5. The first-order valence-electron chi connectivity index (χ1n) is 19.6. The van der Waals surface area contributed by atoms with Crippen molar-refractivity contribution >= 4 is 12.0 Å². The van der Waals surface area contributed by atoms with E-state index in [9.17, 15) is 9.59 Å². The van der Waals surface area contributed by atoms with E-state index in [1.54, 1.807) is 17.9 Å². The standard InChI is InChI=1S/C39H63N5O11/c1-28(7-10-33-29(2)25-32(31(4)54-33)42-35(45)12-9-30(3)53-37(46)44-14-17-48-18-15-44)8-11-34-36(39(27-52-39)26-38(5,6)55-34)51-24-23-50-22-21-49-20-19-47-16-13-41-43-40/h7-9,11-12,29-34,36H,10,13-27H2,1-6H3,(H,42,45)/b11-8+,12-9-,28-7+/t29-,30?,31+,32+,33-,34+,36+,39+/m0/s1. The van der Waals surface area contributed by atoms with Crippen molar-refractivity contribution in [3.05, 3.63) is 46.4 Å². The molecule has 4 heterocycles. The van der Waals surface area contributed by atoms with Gasteiger partial charge in [0.1, 0.15) is 23.9 Å². The van der Waals surface area contributed by atoms with Crippen LogP contribution >= 0.6 is 0 Å². The van der Waals surface area contributed by atoms with E-state index >= 15 is 0 Å². The van der Waals surface area contributed by atoms with E-state index in [1.165, 1.54) is 6.08 Å². The van der Waals surface area contributed by atoms with E-state index < -0.39 is 12.2 Å². The number of rotatable bonds is 21. The second kappa shape index (κ2) is 22.6. The van der Waals surface area contributed by atoms with Crippen LogP contribution in [0.1, 0.15) is 60.8 Å². The van der Waals surface area contributed by atoms with Crippen molar-refractivity contribution in [2.24, 2.45) is 11.0 Å². The topological polar surface area (TPSA) is 185 Å². The van der Waals surface area contributed by atoms with Crippen LogP contribution in [0.5, 0.6) is 0 Å². The number of azide groups is 1. The molecule has 1 N–H and O–H groups in total. The number of ether oxygens (including phenoxy) is 9. The molecule has 16 nitrogen and oxygen atoms in total. The molecule has 16 heteroatoms. The van der Waals surface area contributed by atoms with Crippen LogP contribution in [0.3, 0.4) is 0 Å². The van der Waals surface area contributed by atoms with Gasteiger partial charge in [0.05, 0.1) is 89.9 Å². The van der Waals surface area contributed by atoms with Crippen molar-refractivity contribution in [3.8, 4) is 0 Å². The Labute approximate surface area is 325 Å². The smallest absolute Gasteiger partial charge is 0.410 e. The van der Waals surface area contributed by atoms with Gasteiger partial charge in [-0.25, -0.2) is 4.79 Å². The summed E-state index contributed by atoms with van der Waals surface area (Å²) in [7, 11) is 0. The van der Waals surface area contributed by atoms with Crippen LogP contribution in [0.15, 0.2) is 41.1 Å². The monoisotopic (exact) mass is 777 g/mol. The minimum Gasteiger partial charge on any atom is -0.442 e. The van der Waals surface area contributed by atoms with Crippen molar-refractivity contribution in [1.82, 2.24) is 10.2 Å². The minimum atomic E-state index is -0.538. The van der Waals surface area contributed by atoms with Gasteiger partial charge in [0.15, 0.2) is 0 Å². The molecule has 0 radical (unpaired) electrons. The maximum absolute atomic E-state index is 12.7. The summed E-state index contributed by atoms with van der Waals surface area (Å²) in [5.41, 5.74) is 8.63. The molecule has 0 aromatic rings. The van der Waals surface area contributed by atoms with Gasteiger partial charge in [-0.3, -0.25) is 4.79 Å². The van der Waals surface area contributed by atoms with E-state index in [0.717, 1.165) is 24.8 Å². The minimum absolute atomic E-state index is 0.0137. The second-order valence-corrected chi connectivity index (χ2v) is 15.3. The first kappa shape index (κ1) is 44.7. The molecule has 0 aromatic carbocycles. The van der Waals surface area contributed by atoms with Crippen LogP contribution in [0, 0.1) is 5.92 Å². The van der Waals surface area contributed by atoms with Crippen LogP contribution in [-0.4, -0.2) is 150 Å². The normalized spacial score (nSPS) is 30.0. The Balaban J connectivity index is 1.17. The summed E-state index contributed by atoms with van der Waals surface area (Å²) >= 11 is 0. The molecule has 0 saturated carbocycles. The summed E-state index contributed by atoms with van der Waals surface area (Å²) in [6.45, 7) is 18.0. The van der Waals surface area contributed by atoms with Gasteiger partial charge in [0.25, 0.3) is 0 Å². The summed E-state index contributed by atoms with van der Waals surface area (Å²) in [6.07, 6.45) is 9.99. The Bertz CT molecular complexity index is 1340. The lowest BCUT2D eigenvalue weighted by molar-refractivity contribution is -0.191. The summed E-state index contributed by atoms with van der Waals surface area (Å²) in [4.78, 5) is 29.3. The first-order valence-corrected chi connectivity index (χ1v) is 19.6.